The standard InChI is InChI=1S/C21H30O6/c1-3-5-11-24-12-6-13-26-19(22)17-7-9-18(10-8-17)20(23)27-16-21(4-2)14-25-15-21/h7-10H,3-6,11-16H2,1-2H3. The van der Waals surface area contributed by atoms with Crippen LogP contribution in [-0.4, -0.2) is 51.6 Å². The highest BCUT2D eigenvalue weighted by atomic mass is 16.5. The quantitative estimate of drug-likeness (QED) is 0.409. The molecule has 0 bridgehead atoms. The van der Waals surface area contributed by atoms with Crippen LogP contribution in [0.2, 0.25) is 0 Å². The van der Waals surface area contributed by atoms with Crippen molar-refractivity contribution >= 4 is 11.9 Å². The number of carbonyl (C=O) groups is 2. The number of ether oxygens (including phenoxy) is 4. The Morgan fingerprint density at radius 1 is 0.926 bits per heavy atom. The first-order valence-electron chi connectivity index (χ1n) is 9.70. The van der Waals surface area contributed by atoms with Gasteiger partial charge < -0.3 is 18.9 Å². The first kappa shape index (κ1) is 21.4. The molecule has 0 saturated carbocycles. The van der Waals surface area contributed by atoms with E-state index in [-0.39, 0.29) is 11.4 Å². The lowest BCUT2D eigenvalue weighted by Gasteiger charge is -2.39. The van der Waals surface area contributed by atoms with Crippen molar-refractivity contribution in [3.05, 3.63) is 35.4 Å². The molecule has 2 rings (SSSR count). The van der Waals surface area contributed by atoms with Crippen molar-refractivity contribution in [3.8, 4) is 0 Å². The zero-order valence-electron chi connectivity index (χ0n) is 16.3. The minimum atomic E-state index is -0.403. The van der Waals surface area contributed by atoms with Gasteiger partial charge in [-0.15, -0.1) is 0 Å². The van der Waals surface area contributed by atoms with Crippen molar-refractivity contribution < 1.29 is 28.5 Å². The number of carbonyl (C=O) groups excluding carboxylic acids is 2. The Morgan fingerprint density at radius 2 is 1.52 bits per heavy atom. The van der Waals surface area contributed by atoms with Crippen LogP contribution >= 0.6 is 0 Å². The van der Waals surface area contributed by atoms with Gasteiger partial charge in [-0.25, -0.2) is 9.59 Å². The molecule has 1 aromatic rings. The Morgan fingerprint density at radius 3 is 2.04 bits per heavy atom. The van der Waals surface area contributed by atoms with Crippen LogP contribution in [0.3, 0.4) is 0 Å². The smallest absolute Gasteiger partial charge is 0.338 e. The first-order valence-corrected chi connectivity index (χ1v) is 9.70. The average molecular weight is 378 g/mol. The molecule has 0 radical (unpaired) electrons. The van der Waals surface area contributed by atoms with Crippen LogP contribution in [0.5, 0.6) is 0 Å². The number of hydrogen-bond acceptors (Lipinski definition) is 6. The van der Waals surface area contributed by atoms with Crippen LogP contribution in [0.4, 0.5) is 0 Å². The highest BCUT2D eigenvalue weighted by Crippen LogP contribution is 2.31. The van der Waals surface area contributed by atoms with Gasteiger partial charge in [-0.1, -0.05) is 20.3 Å². The Hall–Kier alpha value is -1.92. The van der Waals surface area contributed by atoms with E-state index in [4.69, 9.17) is 18.9 Å². The Labute approximate surface area is 161 Å². The fraction of sp³-hybridized carbons (Fsp3) is 0.619. The van der Waals surface area contributed by atoms with Crippen LogP contribution in [-0.2, 0) is 18.9 Å². The van der Waals surface area contributed by atoms with Crippen LogP contribution in [0.25, 0.3) is 0 Å². The average Bonchev–Trinajstić information content (AvgIpc) is 2.66. The monoisotopic (exact) mass is 378 g/mol. The molecule has 0 spiro atoms. The molecule has 150 valence electrons. The van der Waals surface area contributed by atoms with E-state index in [1.54, 1.807) is 24.3 Å². The van der Waals surface area contributed by atoms with Crippen LogP contribution < -0.4 is 0 Å². The lowest BCUT2D eigenvalue weighted by atomic mass is 9.84. The summed E-state index contributed by atoms with van der Waals surface area (Å²) in [6.07, 6.45) is 3.73. The first-order chi connectivity index (χ1) is 13.1. The molecule has 0 aromatic heterocycles. The van der Waals surface area contributed by atoms with Gasteiger partial charge in [0, 0.05) is 19.6 Å². The van der Waals surface area contributed by atoms with Crippen LogP contribution in [0, 0.1) is 5.41 Å². The summed E-state index contributed by atoms with van der Waals surface area (Å²) >= 11 is 0. The number of unbranched alkanes of at least 4 members (excludes halogenated alkanes) is 1. The van der Waals surface area contributed by atoms with Crippen molar-refractivity contribution in [1.82, 2.24) is 0 Å². The Bertz CT molecular complexity index is 586. The van der Waals surface area contributed by atoms with Gasteiger partial charge in [-0.2, -0.15) is 0 Å². The summed E-state index contributed by atoms with van der Waals surface area (Å²) < 4.78 is 21.3. The summed E-state index contributed by atoms with van der Waals surface area (Å²) in [6, 6.07) is 6.34. The topological polar surface area (TPSA) is 71.1 Å². The molecule has 1 fully saturated rings. The molecule has 1 heterocycles. The Kier molecular flexibility index (Phi) is 8.75. The van der Waals surface area contributed by atoms with E-state index in [1.807, 2.05) is 0 Å². The van der Waals surface area contributed by atoms with E-state index in [1.165, 1.54) is 0 Å². The maximum Gasteiger partial charge on any atom is 0.338 e. The fourth-order valence-electron chi connectivity index (χ4n) is 2.58. The van der Waals surface area contributed by atoms with Gasteiger partial charge in [0.15, 0.2) is 0 Å². The number of hydrogen-bond donors (Lipinski definition) is 0. The molecule has 1 saturated heterocycles. The predicted octanol–water partition coefficient (Wildman–Crippen LogP) is 3.63. The van der Waals surface area contributed by atoms with Crippen molar-refractivity contribution in [1.29, 1.82) is 0 Å². The van der Waals surface area contributed by atoms with Gasteiger partial charge in [-0.3, -0.25) is 0 Å². The molecule has 6 heteroatoms. The third-order valence-corrected chi connectivity index (χ3v) is 4.74. The molecule has 0 unspecified atom stereocenters. The van der Waals surface area contributed by atoms with E-state index in [2.05, 4.69) is 13.8 Å². The van der Waals surface area contributed by atoms with E-state index in [0.29, 0.717) is 50.6 Å². The molecule has 1 aliphatic rings. The largest absolute Gasteiger partial charge is 0.462 e. The van der Waals surface area contributed by atoms with E-state index >= 15 is 0 Å². The maximum absolute atomic E-state index is 12.2. The summed E-state index contributed by atoms with van der Waals surface area (Å²) in [5, 5.41) is 0. The highest BCUT2D eigenvalue weighted by Gasteiger charge is 2.38. The second-order valence-electron chi connectivity index (χ2n) is 6.96. The number of rotatable bonds is 12. The Balaban J connectivity index is 1.70. The van der Waals surface area contributed by atoms with E-state index in [0.717, 1.165) is 25.9 Å². The molecule has 1 aromatic carbocycles. The maximum atomic E-state index is 12.2. The van der Waals surface area contributed by atoms with E-state index < -0.39 is 5.97 Å². The van der Waals surface area contributed by atoms with Gasteiger partial charge in [-0.05, 0) is 37.1 Å². The van der Waals surface area contributed by atoms with Gasteiger partial charge in [0.1, 0.15) is 6.61 Å². The summed E-state index contributed by atoms with van der Waals surface area (Å²) in [4.78, 5) is 24.2. The summed E-state index contributed by atoms with van der Waals surface area (Å²) in [6.45, 7) is 7.44. The highest BCUT2D eigenvalue weighted by molar-refractivity contribution is 5.93. The van der Waals surface area contributed by atoms with Crippen molar-refractivity contribution in [2.45, 2.75) is 39.5 Å². The minimum absolute atomic E-state index is 0.0420. The summed E-state index contributed by atoms with van der Waals surface area (Å²) in [7, 11) is 0. The lowest BCUT2D eigenvalue weighted by molar-refractivity contribution is -0.140. The fourth-order valence-corrected chi connectivity index (χ4v) is 2.58. The van der Waals surface area contributed by atoms with Crippen molar-refractivity contribution in [2.24, 2.45) is 5.41 Å². The van der Waals surface area contributed by atoms with E-state index in [9.17, 15) is 9.59 Å². The molecule has 0 N–H and O–H groups in total. The number of esters is 2. The van der Waals surface area contributed by atoms with Crippen LogP contribution in [0.15, 0.2) is 24.3 Å². The van der Waals surface area contributed by atoms with Crippen LogP contribution in [0.1, 0.15) is 60.2 Å². The minimum Gasteiger partial charge on any atom is -0.462 e. The lowest BCUT2D eigenvalue weighted by Crippen LogP contribution is -2.46. The number of benzene rings is 1. The molecule has 0 aliphatic carbocycles. The van der Waals surface area contributed by atoms with Gasteiger partial charge in [0.2, 0.25) is 0 Å². The molecule has 1 aliphatic heterocycles. The predicted molar refractivity (Wildman–Crippen MR) is 101 cm³/mol. The van der Waals surface area contributed by atoms with Gasteiger partial charge >= 0.3 is 11.9 Å². The molecule has 27 heavy (non-hydrogen) atoms. The molecule has 6 nitrogen and oxygen atoms in total. The molecular weight excluding hydrogens is 348 g/mol. The third-order valence-electron chi connectivity index (χ3n) is 4.74. The normalized spacial score (nSPS) is 15.0. The second kappa shape index (κ2) is 11.0. The second-order valence-corrected chi connectivity index (χ2v) is 6.96. The SMILES string of the molecule is CCCCOCCCOC(=O)c1ccc(C(=O)OCC2(CC)COC2)cc1. The summed E-state index contributed by atoms with van der Waals surface area (Å²) in [5.74, 6) is -0.793. The van der Waals surface area contributed by atoms with Crippen molar-refractivity contribution in [3.63, 3.8) is 0 Å². The molecule has 0 amide bonds. The molecular formula is C21H30O6. The zero-order chi connectivity index (χ0) is 19.5. The van der Waals surface area contributed by atoms with Gasteiger partial charge in [0.25, 0.3) is 0 Å². The zero-order valence-corrected chi connectivity index (χ0v) is 16.3. The summed E-state index contributed by atoms with van der Waals surface area (Å²) in [5.41, 5.74) is 0.790. The van der Waals surface area contributed by atoms with Gasteiger partial charge in [0.05, 0.1) is 36.4 Å². The molecule has 0 atom stereocenters. The van der Waals surface area contributed by atoms with Crippen molar-refractivity contribution in [2.75, 3.05) is 39.6 Å². The third kappa shape index (κ3) is 6.63.